The molecule has 45 heavy (non-hydrogen) atoms. The first-order valence-corrected chi connectivity index (χ1v) is 20.8. The van der Waals surface area contributed by atoms with Crippen LogP contribution in [0, 0.1) is 46.3 Å². The highest BCUT2D eigenvalue weighted by molar-refractivity contribution is 6.77. The minimum Gasteiger partial charge on any atom is -0.416 e. The number of aliphatic hydroxyl groups excluding tert-OH is 1. The molecule has 4 fully saturated rings. The molecule has 0 bridgehead atoms. The Morgan fingerprint density at radius 3 is 2.07 bits per heavy atom. The van der Waals surface area contributed by atoms with Crippen LogP contribution in [0.4, 0.5) is 0 Å². The summed E-state index contributed by atoms with van der Waals surface area (Å²) in [5.74, 6) is 1.09. The molecule has 0 heterocycles. The van der Waals surface area contributed by atoms with Gasteiger partial charge in [-0.2, -0.15) is 0 Å². The number of rotatable bonds is 14. The third-order valence-corrected chi connectivity index (χ3v) is 20.5. The van der Waals surface area contributed by atoms with E-state index in [2.05, 4.69) is 69.2 Å². The molecule has 0 aliphatic heterocycles. The Morgan fingerprint density at radius 1 is 0.867 bits per heavy atom. The molecule has 0 saturated heterocycles. The van der Waals surface area contributed by atoms with Crippen molar-refractivity contribution >= 4 is 14.1 Å². The molecule has 11 atom stereocenters. The van der Waals surface area contributed by atoms with Crippen LogP contribution >= 0.6 is 0 Å². The van der Waals surface area contributed by atoms with Gasteiger partial charge in [0.15, 0.2) is 14.1 Å². The van der Waals surface area contributed by atoms with Gasteiger partial charge in [0.25, 0.3) is 0 Å². The summed E-state index contributed by atoms with van der Waals surface area (Å²) in [4.78, 5) is 13.9. The van der Waals surface area contributed by atoms with Gasteiger partial charge in [0.05, 0.1) is 6.10 Å². The fraction of sp³-hybridized carbons (Fsp3) is 0.974. The van der Waals surface area contributed by atoms with Gasteiger partial charge in [-0.25, -0.2) is 0 Å². The molecule has 0 radical (unpaired) electrons. The van der Waals surface area contributed by atoms with Gasteiger partial charge < -0.3 is 24.1 Å². The lowest BCUT2D eigenvalue weighted by Crippen LogP contribution is -2.73. The second-order valence-electron chi connectivity index (χ2n) is 17.7. The molecule has 0 amide bonds. The van der Waals surface area contributed by atoms with Gasteiger partial charge in [-0.15, -0.1) is 0 Å². The Labute approximate surface area is 277 Å². The Kier molecular flexibility index (Phi) is 11.9. The van der Waals surface area contributed by atoms with Crippen LogP contribution in [0.2, 0.25) is 16.6 Å². The maximum atomic E-state index is 13.9. The highest BCUT2D eigenvalue weighted by atomic mass is 28.4. The number of methoxy groups -OCH3 is 1. The first kappa shape index (κ1) is 37.5. The summed E-state index contributed by atoms with van der Waals surface area (Å²) in [6, 6.07) is 0. The number of fused-ring (bicyclic) bond motifs is 5. The van der Waals surface area contributed by atoms with Crippen LogP contribution in [0.5, 0.6) is 0 Å². The average Bonchev–Trinajstić information content (AvgIpc) is 3.33. The van der Waals surface area contributed by atoms with Crippen LogP contribution in [-0.2, 0) is 18.7 Å². The van der Waals surface area contributed by atoms with Crippen molar-refractivity contribution in [3.8, 4) is 0 Å². The molecule has 4 rings (SSSR count). The Hall–Kier alpha value is -0.313. The lowest BCUT2D eigenvalue weighted by molar-refractivity contribution is -0.259. The normalized spacial score (nSPS) is 40.0. The Morgan fingerprint density at radius 2 is 1.47 bits per heavy atom. The Bertz CT molecular complexity index is 979. The minimum absolute atomic E-state index is 0.0320. The third-order valence-electron chi connectivity index (χ3n) is 14.4. The molecular weight excluding hydrogens is 580 g/mol. The summed E-state index contributed by atoms with van der Waals surface area (Å²) in [6.07, 6.45) is 8.49. The van der Waals surface area contributed by atoms with E-state index >= 15 is 0 Å². The zero-order valence-electron chi connectivity index (χ0n) is 30.9. The van der Waals surface area contributed by atoms with E-state index in [1.54, 1.807) is 7.11 Å². The van der Waals surface area contributed by atoms with Gasteiger partial charge in [0.2, 0.25) is 0 Å². The van der Waals surface area contributed by atoms with Crippen molar-refractivity contribution in [1.29, 1.82) is 0 Å². The van der Waals surface area contributed by atoms with E-state index in [1.165, 1.54) is 19.3 Å². The number of aliphatic hydroxyl groups is 2. The first-order valence-electron chi connectivity index (χ1n) is 18.7. The molecule has 5 unspecified atom stereocenters. The summed E-state index contributed by atoms with van der Waals surface area (Å²) < 4.78 is 17.9. The van der Waals surface area contributed by atoms with Crippen molar-refractivity contribution in [3.63, 3.8) is 0 Å². The van der Waals surface area contributed by atoms with E-state index in [1.807, 2.05) is 0 Å². The monoisotopic (exact) mass is 650 g/mol. The van der Waals surface area contributed by atoms with Crippen molar-refractivity contribution in [2.24, 2.45) is 46.3 Å². The standard InChI is InChI=1S/C38H70O6Si/c1-24(2)45(25(3)4,26(5)6)44-22-27(7)13-12-14-28(8)30-15-16-32-36(30,9)20-18-33-37(10)19-17-29(43-23-42-11)21-31(37)34(39)35(40)38(32,33)41/h24-33,35,40-41H,12-23H2,1-11H3/t27?,28-,29?,30-,31?,32-,33-,35?,36-,37+,38?/m1/s1. The zero-order chi connectivity index (χ0) is 33.5. The summed E-state index contributed by atoms with van der Waals surface area (Å²) in [6.45, 7) is 24.7. The highest BCUT2D eigenvalue weighted by Crippen LogP contribution is 2.69. The van der Waals surface area contributed by atoms with E-state index in [-0.39, 0.29) is 47.3 Å². The number of carbonyl (C=O) groups is 1. The van der Waals surface area contributed by atoms with E-state index in [0.717, 1.165) is 45.1 Å². The van der Waals surface area contributed by atoms with Gasteiger partial charge in [0, 0.05) is 19.6 Å². The van der Waals surface area contributed by atoms with Crippen LogP contribution in [0.25, 0.3) is 0 Å². The molecule has 0 aromatic rings. The fourth-order valence-corrected chi connectivity index (χ4v) is 17.8. The first-order chi connectivity index (χ1) is 21.0. The predicted octanol–water partition coefficient (Wildman–Crippen LogP) is 8.53. The van der Waals surface area contributed by atoms with Crippen LogP contribution in [0.1, 0.15) is 133 Å². The Balaban J connectivity index is 1.39. The van der Waals surface area contributed by atoms with Crippen LogP contribution in [0.15, 0.2) is 0 Å². The summed E-state index contributed by atoms with van der Waals surface area (Å²) in [7, 11) is -0.222. The van der Waals surface area contributed by atoms with E-state index in [0.29, 0.717) is 40.8 Å². The highest BCUT2D eigenvalue weighted by Gasteiger charge is 2.72. The molecule has 4 saturated carbocycles. The third kappa shape index (κ3) is 6.43. The van der Waals surface area contributed by atoms with Gasteiger partial charge >= 0.3 is 0 Å². The van der Waals surface area contributed by atoms with Gasteiger partial charge in [-0.05, 0) is 108 Å². The summed E-state index contributed by atoms with van der Waals surface area (Å²) >= 11 is 0. The molecular formula is C38H70O6Si. The number of ketones is 1. The SMILES string of the molecule is COCOC1CC[C@@]2(C)C(C1)C(=O)C(O)C1(O)[C@@H]3CC[C@H]([C@H](C)CCCC(C)CO[Si](C(C)C)(C(C)C)C(C)C)[C@@]3(C)CC[C@@H]12. The van der Waals surface area contributed by atoms with Gasteiger partial charge in [0.1, 0.15) is 18.5 Å². The molecule has 4 aliphatic rings. The van der Waals surface area contributed by atoms with E-state index < -0.39 is 20.0 Å². The minimum atomic E-state index is -1.84. The smallest absolute Gasteiger partial charge is 0.200 e. The average molecular weight is 651 g/mol. The maximum absolute atomic E-state index is 13.9. The van der Waals surface area contributed by atoms with Gasteiger partial charge in [-0.3, -0.25) is 4.79 Å². The number of hydrogen-bond acceptors (Lipinski definition) is 6. The number of carbonyl (C=O) groups excluding carboxylic acids is 1. The molecule has 2 N–H and O–H groups in total. The van der Waals surface area contributed by atoms with E-state index in [9.17, 15) is 15.0 Å². The molecule has 6 nitrogen and oxygen atoms in total. The second kappa shape index (κ2) is 14.3. The summed E-state index contributed by atoms with van der Waals surface area (Å²) in [5.41, 5.74) is 0.142. The van der Waals surface area contributed by atoms with Crippen molar-refractivity contribution in [3.05, 3.63) is 0 Å². The second-order valence-corrected chi connectivity index (χ2v) is 23.2. The maximum Gasteiger partial charge on any atom is 0.200 e. The van der Waals surface area contributed by atoms with Crippen LogP contribution in [-0.4, -0.2) is 62.6 Å². The largest absolute Gasteiger partial charge is 0.416 e. The number of Topliss-reactive ketones (excluding diaryl/α,β-unsaturated/α-hetero) is 1. The predicted molar refractivity (Wildman–Crippen MR) is 184 cm³/mol. The fourth-order valence-electron chi connectivity index (χ4n) is 12.2. The van der Waals surface area contributed by atoms with Crippen molar-refractivity contribution in [2.75, 3.05) is 20.5 Å². The van der Waals surface area contributed by atoms with Crippen molar-refractivity contribution in [2.45, 2.75) is 168 Å². The number of ether oxygens (including phenoxy) is 2. The van der Waals surface area contributed by atoms with Crippen molar-refractivity contribution < 1.29 is 28.9 Å². The topological polar surface area (TPSA) is 85.2 Å². The quantitative estimate of drug-likeness (QED) is 0.145. The van der Waals surface area contributed by atoms with Crippen molar-refractivity contribution in [1.82, 2.24) is 0 Å². The van der Waals surface area contributed by atoms with Crippen LogP contribution < -0.4 is 0 Å². The van der Waals surface area contributed by atoms with E-state index in [4.69, 9.17) is 13.9 Å². The summed E-state index contributed by atoms with van der Waals surface area (Å²) in [5, 5.41) is 24.3. The lowest BCUT2D eigenvalue weighted by Gasteiger charge is -2.65. The molecule has 0 spiro atoms. The zero-order valence-corrected chi connectivity index (χ0v) is 31.9. The molecule has 0 aromatic carbocycles. The lowest BCUT2D eigenvalue weighted by atomic mass is 9.41. The number of hydrogen-bond donors (Lipinski definition) is 2. The van der Waals surface area contributed by atoms with Crippen LogP contribution in [0.3, 0.4) is 0 Å². The molecule has 262 valence electrons. The van der Waals surface area contributed by atoms with Gasteiger partial charge in [-0.1, -0.05) is 82.1 Å². The molecule has 0 aromatic heterocycles. The molecule has 7 heteroatoms. The molecule has 4 aliphatic carbocycles.